The molecule has 2 nitrogen and oxygen atoms in total. The molecule has 0 radical (unpaired) electrons. The van der Waals surface area contributed by atoms with Crippen molar-refractivity contribution in [3.8, 4) is 5.75 Å². The number of hydrogen-bond donors (Lipinski definition) is 1. The molecule has 108 valence electrons. The summed E-state index contributed by atoms with van der Waals surface area (Å²) >= 11 is 0. The van der Waals surface area contributed by atoms with E-state index in [1.807, 2.05) is 6.07 Å². The van der Waals surface area contributed by atoms with E-state index in [2.05, 4.69) is 31.0 Å². The van der Waals surface area contributed by atoms with Gasteiger partial charge in [0, 0.05) is 11.5 Å². The van der Waals surface area contributed by atoms with Crippen LogP contribution in [0, 0.1) is 5.41 Å². The summed E-state index contributed by atoms with van der Waals surface area (Å²) in [5.74, 6) is 0.448. The molecule has 1 N–H and O–H groups in total. The first kappa shape index (κ1) is 12.7. The van der Waals surface area contributed by atoms with Crippen molar-refractivity contribution in [2.24, 2.45) is 5.41 Å². The van der Waals surface area contributed by atoms with E-state index in [4.69, 9.17) is 0 Å². The molecule has 0 amide bonds. The van der Waals surface area contributed by atoms with E-state index >= 15 is 0 Å². The fourth-order valence-corrected chi connectivity index (χ4v) is 5.70. The molecular weight excluding hydrogens is 246 g/mol. The van der Waals surface area contributed by atoms with Gasteiger partial charge in [0.2, 0.25) is 0 Å². The van der Waals surface area contributed by atoms with Gasteiger partial charge in [-0.2, -0.15) is 0 Å². The average molecular weight is 271 g/mol. The molecule has 0 unspecified atom stereocenters. The summed E-state index contributed by atoms with van der Waals surface area (Å²) in [6.45, 7) is 3.73. The van der Waals surface area contributed by atoms with Crippen LogP contribution in [-0.2, 0) is 11.8 Å². The van der Waals surface area contributed by atoms with Crippen LogP contribution >= 0.6 is 0 Å². The van der Waals surface area contributed by atoms with Crippen molar-refractivity contribution < 1.29 is 5.11 Å². The number of likely N-dealkylation sites (N-methyl/N-ethyl adjacent to an activating group) is 1. The minimum Gasteiger partial charge on any atom is -0.508 e. The third-order valence-electron chi connectivity index (χ3n) is 6.82. The lowest BCUT2D eigenvalue weighted by Gasteiger charge is -2.65. The summed E-state index contributed by atoms with van der Waals surface area (Å²) < 4.78 is 0. The fraction of sp³-hybridized carbons (Fsp3) is 0.667. The topological polar surface area (TPSA) is 23.5 Å². The fourth-order valence-electron chi connectivity index (χ4n) is 5.70. The van der Waals surface area contributed by atoms with Gasteiger partial charge in [-0.25, -0.2) is 0 Å². The Balaban J connectivity index is 1.97. The molecule has 3 aliphatic rings. The summed E-state index contributed by atoms with van der Waals surface area (Å²) in [7, 11) is 2.31. The highest BCUT2D eigenvalue weighted by Crippen LogP contribution is 2.62. The molecule has 2 fully saturated rings. The lowest BCUT2D eigenvalue weighted by atomic mass is 9.45. The Morgan fingerprint density at radius 1 is 1.20 bits per heavy atom. The average Bonchev–Trinajstić information content (AvgIpc) is 2.43. The molecule has 1 aromatic carbocycles. The molecule has 0 spiro atoms. The molecule has 3 atom stereocenters. The van der Waals surface area contributed by atoms with Gasteiger partial charge < -0.3 is 10.0 Å². The number of piperidine rings is 1. The largest absolute Gasteiger partial charge is 0.508 e. The maximum atomic E-state index is 10.00. The van der Waals surface area contributed by atoms with Crippen LogP contribution in [0.5, 0.6) is 5.75 Å². The third-order valence-corrected chi connectivity index (χ3v) is 6.82. The van der Waals surface area contributed by atoms with Gasteiger partial charge in [-0.1, -0.05) is 25.8 Å². The van der Waals surface area contributed by atoms with Crippen molar-refractivity contribution >= 4 is 0 Å². The van der Waals surface area contributed by atoms with Gasteiger partial charge in [0.05, 0.1) is 0 Å². The lowest BCUT2D eigenvalue weighted by molar-refractivity contribution is -0.0736. The van der Waals surface area contributed by atoms with E-state index in [9.17, 15) is 5.11 Å². The maximum Gasteiger partial charge on any atom is 0.115 e. The van der Waals surface area contributed by atoms with Crippen LogP contribution in [0.3, 0.4) is 0 Å². The number of phenols is 1. The maximum absolute atomic E-state index is 10.00. The zero-order chi connectivity index (χ0) is 14.0. The van der Waals surface area contributed by atoms with E-state index in [-0.39, 0.29) is 0 Å². The highest BCUT2D eigenvalue weighted by molar-refractivity contribution is 5.46. The van der Waals surface area contributed by atoms with Gasteiger partial charge in [-0.05, 0) is 68.0 Å². The van der Waals surface area contributed by atoms with Crippen molar-refractivity contribution in [2.75, 3.05) is 13.6 Å². The lowest BCUT2D eigenvalue weighted by Crippen LogP contribution is -2.66. The van der Waals surface area contributed by atoms with E-state index in [0.717, 1.165) is 6.42 Å². The summed E-state index contributed by atoms with van der Waals surface area (Å²) in [6.07, 6.45) is 7.79. The molecule has 1 aliphatic heterocycles. The number of likely N-dealkylation sites (tertiary alicyclic amines) is 1. The summed E-state index contributed by atoms with van der Waals surface area (Å²) in [6, 6.07) is 6.80. The second-order valence-corrected chi connectivity index (χ2v) is 7.50. The van der Waals surface area contributed by atoms with E-state index in [1.54, 1.807) is 0 Å². The zero-order valence-corrected chi connectivity index (χ0v) is 12.7. The smallest absolute Gasteiger partial charge is 0.115 e. The van der Waals surface area contributed by atoms with Crippen LogP contribution in [0.1, 0.15) is 50.2 Å². The van der Waals surface area contributed by atoms with E-state index in [1.165, 1.54) is 49.8 Å². The molecule has 2 bridgehead atoms. The number of aromatic hydroxyl groups is 1. The minimum atomic E-state index is 0.314. The number of rotatable bonds is 0. The van der Waals surface area contributed by atoms with Crippen molar-refractivity contribution in [1.82, 2.24) is 4.90 Å². The number of nitrogens with zero attached hydrogens (tertiary/aromatic N) is 1. The first-order chi connectivity index (χ1) is 9.57. The predicted octanol–water partition coefficient (Wildman–Crippen LogP) is 3.47. The van der Waals surface area contributed by atoms with Crippen molar-refractivity contribution in [2.45, 2.75) is 56.9 Å². The predicted molar refractivity (Wildman–Crippen MR) is 81.1 cm³/mol. The van der Waals surface area contributed by atoms with Crippen LogP contribution in [-0.4, -0.2) is 29.6 Å². The molecule has 1 saturated heterocycles. The quantitative estimate of drug-likeness (QED) is 0.781. The van der Waals surface area contributed by atoms with Crippen LogP contribution < -0.4 is 0 Å². The first-order valence-electron chi connectivity index (χ1n) is 8.09. The molecular formula is C18H25NO. The number of hydrogen-bond acceptors (Lipinski definition) is 2. The second kappa shape index (κ2) is 4.00. The van der Waals surface area contributed by atoms with Crippen molar-refractivity contribution in [3.05, 3.63) is 29.3 Å². The molecule has 1 saturated carbocycles. The molecule has 1 aromatic rings. The number of benzene rings is 1. The van der Waals surface area contributed by atoms with Crippen LogP contribution in [0.4, 0.5) is 0 Å². The Kier molecular flexibility index (Phi) is 2.54. The Hall–Kier alpha value is -1.02. The highest BCUT2D eigenvalue weighted by atomic mass is 16.3. The normalized spacial score (nSPS) is 40.0. The van der Waals surface area contributed by atoms with Gasteiger partial charge in [0.25, 0.3) is 0 Å². The van der Waals surface area contributed by atoms with Crippen molar-refractivity contribution in [3.63, 3.8) is 0 Å². The summed E-state index contributed by atoms with van der Waals surface area (Å²) in [5.41, 5.74) is 3.66. The Labute approximate surface area is 121 Å². The molecule has 0 aromatic heterocycles. The van der Waals surface area contributed by atoms with Crippen LogP contribution in [0.15, 0.2) is 18.2 Å². The van der Waals surface area contributed by atoms with Gasteiger partial charge in [-0.3, -0.25) is 0 Å². The molecule has 2 heteroatoms. The van der Waals surface area contributed by atoms with Crippen molar-refractivity contribution in [1.29, 1.82) is 0 Å². The van der Waals surface area contributed by atoms with Gasteiger partial charge >= 0.3 is 0 Å². The zero-order valence-electron chi connectivity index (χ0n) is 12.7. The van der Waals surface area contributed by atoms with Crippen LogP contribution in [0.25, 0.3) is 0 Å². The van der Waals surface area contributed by atoms with Gasteiger partial charge in [0.15, 0.2) is 0 Å². The third kappa shape index (κ3) is 1.38. The monoisotopic (exact) mass is 271 g/mol. The minimum absolute atomic E-state index is 0.314. The second-order valence-electron chi connectivity index (χ2n) is 7.50. The molecule has 2 aliphatic carbocycles. The first-order valence-corrected chi connectivity index (χ1v) is 8.09. The summed E-state index contributed by atoms with van der Waals surface area (Å²) in [5, 5.41) is 10.00. The molecule has 1 heterocycles. The standard InChI is InChI=1S/C18H25NO/c1-17-7-3-4-8-18(17)9-10-19(2)16(17)11-13-5-6-14(20)12-15(13)18/h5-6,12,16,20H,3-4,7-11H2,1-2H3/t16-,17+,18+/m0/s1. The van der Waals surface area contributed by atoms with Gasteiger partial charge in [0.1, 0.15) is 5.75 Å². The Bertz CT molecular complexity index is 554. The van der Waals surface area contributed by atoms with Crippen LogP contribution in [0.2, 0.25) is 0 Å². The Morgan fingerprint density at radius 3 is 2.85 bits per heavy atom. The van der Waals surface area contributed by atoms with E-state index in [0.29, 0.717) is 22.6 Å². The summed E-state index contributed by atoms with van der Waals surface area (Å²) in [4.78, 5) is 2.60. The SMILES string of the molecule is CN1CC[C@@]23CCCC[C@]2(C)[C@@H]1Cc1ccc(O)cc13. The molecule has 20 heavy (non-hydrogen) atoms. The van der Waals surface area contributed by atoms with E-state index < -0.39 is 0 Å². The highest BCUT2D eigenvalue weighted by Gasteiger charge is 2.60. The van der Waals surface area contributed by atoms with Gasteiger partial charge in [-0.15, -0.1) is 0 Å². The Morgan fingerprint density at radius 2 is 2.00 bits per heavy atom. The number of fused-ring (bicyclic) bond motifs is 1. The molecule has 4 rings (SSSR count). The number of phenolic OH excluding ortho intramolecular Hbond substituents is 1.